The molecule has 0 bridgehead atoms. The number of aliphatic hydroxyl groups excluding tert-OH is 2. The van der Waals surface area contributed by atoms with E-state index in [0.717, 1.165) is 5.56 Å². The van der Waals surface area contributed by atoms with Crippen molar-refractivity contribution in [1.82, 2.24) is 5.32 Å². The maximum Gasteiger partial charge on any atom is 0.224 e. The topological polar surface area (TPSA) is 78.8 Å². The number of hydrogen-bond donors (Lipinski definition) is 3. The molecule has 1 aromatic rings. The number of ether oxygens (including phenoxy) is 1. The highest BCUT2D eigenvalue weighted by Gasteiger charge is 2.07. The molecular formula is C12H17NO4. The molecule has 0 fully saturated rings. The first-order valence-corrected chi connectivity index (χ1v) is 5.34. The molecule has 0 saturated heterocycles. The van der Waals surface area contributed by atoms with Crippen molar-refractivity contribution in [2.45, 2.75) is 12.5 Å². The Balaban J connectivity index is 2.44. The van der Waals surface area contributed by atoms with Crippen LogP contribution in [0.25, 0.3) is 0 Å². The van der Waals surface area contributed by atoms with Crippen LogP contribution in [-0.4, -0.2) is 42.5 Å². The van der Waals surface area contributed by atoms with E-state index >= 15 is 0 Å². The largest absolute Gasteiger partial charge is 0.497 e. The van der Waals surface area contributed by atoms with Crippen LogP contribution in [0.1, 0.15) is 5.56 Å². The Morgan fingerprint density at radius 2 is 2.29 bits per heavy atom. The Bertz CT molecular complexity index is 367. The summed E-state index contributed by atoms with van der Waals surface area (Å²) in [5.41, 5.74) is 0.834. The Labute approximate surface area is 100 Å². The molecule has 94 valence electrons. The normalized spacial score (nSPS) is 11.9. The highest BCUT2D eigenvalue weighted by atomic mass is 16.5. The molecule has 5 heteroatoms. The summed E-state index contributed by atoms with van der Waals surface area (Å²) in [7, 11) is 1.57. The minimum atomic E-state index is -0.913. The first kappa shape index (κ1) is 13.5. The molecule has 0 heterocycles. The average Bonchev–Trinajstić information content (AvgIpc) is 2.36. The first-order valence-electron chi connectivity index (χ1n) is 5.34. The van der Waals surface area contributed by atoms with Crippen LogP contribution in [0, 0.1) is 0 Å². The van der Waals surface area contributed by atoms with Gasteiger partial charge in [0.1, 0.15) is 5.75 Å². The van der Waals surface area contributed by atoms with Gasteiger partial charge in [-0.3, -0.25) is 4.79 Å². The Hall–Kier alpha value is -1.59. The number of amides is 1. The monoisotopic (exact) mass is 239 g/mol. The van der Waals surface area contributed by atoms with Crippen LogP contribution in [-0.2, 0) is 11.2 Å². The predicted octanol–water partition coefficient (Wildman–Crippen LogP) is -0.293. The van der Waals surface area contributed by atoms with Crippen molar-refractivity contribution in [2.24, 2.45) is 0 Å². The third kappa shape index (κ3) is 4.84. The summed E-state index contributed by atoms with van der Waals surface area (Å²) in [6.07, 6.45) is -0.695. The highest BCUT2D eigenvalue weighted by Crippen LogP contribution is 2.12. The second-order valence-electron chi connectivity index (χ2n) is 3.67. The molecule has 1 unspecified atom stereocenters. The van der Waals surface area contributed by atoms with E-state index in [0.29, 0.717) is 5.75 Å². The zero-order chi connectivity index (χ0) is 12.7. The quantitative estimate of drug-likeness (QED) is 0.637. The van der Waals surface area contributed by atoms with Gasteiger partial charge in [0.05, 0.1) is 26.2 Å². The van der Waals surface area contributed by atoms with E-state index in [1.54, 1.807) is 19.2 Å². The molecule has 1 rings (SSSR count). The molecule has 0 saturated carbocycles. The number of methoxy groups -OCH3 is 1. The van der Waals surface area contributed by atoms with E-state index in [2.05, 4.69) is 5.32 Å². The molecule has 0 aliphatic heterocycles. The smallest absolute Gasteiger partial charge is 0.224 e. The first-order chi connectivity index (χ1) is 8.15. The third-order valence-electron chi connectivity index (χ3n) is 2.24. The highest BCUT2D eigenvalue weighted by molar-refractivity contribution is 5.78. The van der Waals surface area contributed by atoms with Crippen LogP contribution in [0.4, 0.5) is 0 Å². The lowest BCUT2D eigenvalue weighted by atomic mass is 10.1. The fourth-order valence-electron chi connectivity index (χ4n) is 1.33. The summed E-state index contributed by atoms with van der Waals surface area (Å²) >= 11 is 0. The molecule has 0 aliphatic carbocycles. The van der Waals surface area contributed by atoms with Gasteiger partial charge in [-0.15, -0.1) is 0 Å². The number of hydrogen-bond acceptors (Lipinski definition) is 4. The molecule has 0 spiro atoms. The summed E-state index contributed by atoms with van der Waals surface area (Å²) in [6.45, 7) is -0.307. The van der Waals surface area contributed by atoms with Crippen molar-refractivity contribution in [2.75, 3.05) is 20.3 Å². The van der Waals surface area contributed by atoms with Crippen LogP contribution in [0.3, 0.4) is 0 Å². The van der Waals surface area contributed by atoms with Gasteiger partial charge >= 0.3 is 0 Å². The second-order valence-corrected chi connectivity index (χ2v) is 3.67. The van der Waals surface area contributed by atoms with Gasteiger partial charge in [-0.1, -0.05) is 12.1 Å². The molecule has 3 N–H and O–H groups in total. The summed E-state index contributed by atoms with van der Waals surface area (Å²) in [4.78, 5) is 11.5. The molecule has 0 radical (unpaired) electrons. The minimum absolute atomic E-state index is 0.0549. The molecule has 1 amide bonds. The van der Waals surface area contributed by atoms with Crippen molar-refractivity contribution >= 4 is 5.91 Å². The van der Waals surface area contributed by atoms with Crippen LogP contribution in [0.2, 0.25) is 0 Å². The standard InChI is InChI=1S/C12H17NO4/c1-17-11-4-2-3-9(5-11)6-12(16)13-7-10(15)8-14/h2-5,10,14-15H,6-8H2,1H3,(H,13,16). The number of nitrogens with one attached hydrogen (secondary N) is 1. The third-order valence-corrected chi connectivity index (χ3v) is 2.24. The van der Waals surface area contributed by atoms with Crippen molar-refractivity contribution < 1.29 is 19.7 Å². The van der Waals surface area contributed by atoms with Gasteiger partial charge < -0.3 is 20.3 Å². The van der Waals surface area contributed by atoms with E-state index in [4.69, 9.17) is 14.9 Å². The lowest BCUT2D eigenvalue weighted by Crippen LogP contribution is -2.34. The van der Waals surface area contributed by atoms with Crippen molar-refractivity contribution in [3.63, 3.8) is 0 Å². The SMILES string of the molecule is COc1cccc(CC(=O)NCC(O)CO)c1. The fraction of sp³-hybridized carbons (Fsp3) is 0.417. The van der Waals surface area contributed by atoms with Gasteiger partial charge in [-0.2, -0.15) is 0 Å². The fourth-order valence-corrected chi connectivity index (χ4v) is 1.33. The zero-order valence-electron chi connectivity index (χ0n) is 9.72. The lowest BCUT2D eigenvalue weighted by Gasteiger charge is -2.09. The Morgan fingerprint density at radius 3 is 2.94 bits per heavy atom. The maximum absolute atomic E-state index is 11.5. The Kier molecular flexibility index (Phi) is 5.45. The van der Waals surface area contributed by atoms with Crippen molar-refractivity contribution in [3.05, 3.63) is 29.8 Å². The summed E-state index contributed by atoms with van der Waals surface area (Å²) in [5.74, 6) is 0.497. The van der Waals surface area contributed by atoms with Gasteiger partial charge in [0.25, 0.3) is 0 Å². The Morgan fingerprint density at radius 1 is 1.53 bits per heavy atom. The molecule has 0 aromatic heterocycles. The van der Waals surface area contributed by atoms with Crippen LogP contribution in [0.15, 0.2) is 24.3 Å². The molecule has 1 aromatic carbocycles. The van der Waals surface area contributed by atoms with Crippen molar-refractivity contribution in [3.8, 4) is 5.75 Å². The second kappa shape index (κ2) is 6.88. The van der Waals surface area contributed by atoms with Crippen molar-refractivity contribution in [1.29, 1.82) is 0 Å². The number of carbonyl (C=O) groups excluding carboxylic acids is 1. The summed E-state index contributed by atoms with van der Waals surface area (Å²) in [6, 6.07) is 7.22. The van der Waals surface area contributed by atoms with Gasteiger partial charge in [0.15, 0.2) is 0 Å². The lowest BCUT2D eigenvalue weighted by molar-refractivity contribution is -0.121. The van der Waals surface area contributed by atoms with Gasteiger partial charge in [0, 0.05) is 6.54 Å². The number of aliphatic hydroxyl groups is 2. The number of rotatable bonds is 6. The number of benzene rings is 1. The van der Waals surface area contributed by atoms with E-state index in [9.17, 15) is 4.79 Å². The van der Waals surface area contributed by atoms with E-state index < -0.39 is 6.10 Å². The molecule has 0 aliphatic rings. The van der Waals surface area contributed by atoms with Crippen LogP contribution in [0.5, 0.6) is 5.75 Å². The molecular weight excluding hydrogens is 222 g/mol. The summed E-state index contributed by atoms with van der Waals surface area (Å²) in [5, 5.41) is 20.2. The van der Waals surface area contributed by atoms with Gasteiger partial charge in [-0.05, 0) is 17.7 Å². The van der Waals surface area contributed by atoms with Gasteiger partial charge in [0.2, 0.25) is 5.91 Å². The molecule has 1 atom stereocenters. The average molecular weight is 239 g/mol. The van der Waals surface area contributed by atoms with Crippen LogP contribution < -0.4 is 10.1 Å². The summed E-state index contributed by atoms with van der Waals surface area (Å²) < 4.78 is 5.05. The van der Waals surface area contributed by atoms with E-state index in [1.807, 2.05) is 12.1 Å². The van der Waals surface area contributed by atoms with Crippen LogP contribution >= 0.6 is 0 Å². The van der Waals surface area contributed by atoms with E-state index in [-0.39, 0.29) is 25.5 Å². The molecule has 5 nitrogen and oxygen atoms in total. The van der Waals surface area contributed by atoms with Gasteiger partial charge in [-0.25, -0.2) is 0 Å². The zero-order valence-corrected chi connectivity index (χ0v) is 9.72. The molecule has 17 heavy (non-hydrogen) atoms. The predicted molar refractivity (Wildman–Crippen MR) is 62.8 cm³/mol. The van der Waals surface area contributed by atoms with E-state index in [1.165, 1.54) is 0 Å². The maximum atomic E-state index is 11.5. The minimum Gasteiger partial charge on any atom is -0.497 e. The number of carbonyl (C=O) groups is 1.